The Morgan fingerprint density at radius 1 is 1.00 bits per heavy atom. The predicted molar refractivity (Wildman–Crippen MR) is 68.8 cm³/mol. The molecule has 0 unspecified atom stereocenters. The van der Waals surface area contributed by atoms with Crippen LogP contribution in [-0.2, 0) is 9.47 Å². The molecule has 0 amide bonds. The second kappa shape index (κ2) is 8.97. The second-order valence-electron chi connectivity index (χ2n) is 5.51. The highest BCUT2D eigenvalue weighted by atomic mass is 16.5. The Morgan fingerprint density at radius 3 is 2.19 bits per heavy atom. The molecule has 0 saturated carbocycles. The van der Waals surface area contributed by atoms with Gasteiger partial charge < -0.3 is 14.8 Å². The van der Waals surface area contributed by atoms with Gasteiger partial charge in [0.15, 0.2) is 0 Å². The molecule has 3 nitrogen and oxygen atoms in total. The molecule has 98 valence electrons. The lowest BCUT2D eigenvalue weighted by Gasteiger charge is -2.19. The van der Waals surface area contributed by atoms with Crippen LogP contribution in [-0.4, -0.2) is 38.5 Å². The summed E-state index contributed by atoms with van der Waals surface area (Å²) in [5, 5.41) is 3.30. The Morgan fingerprint density at radius 2 is 1.62 bits per heavy atom. The van der Waals surface area contributed by atoms with Gasteiger partial charge in [-0.1, -0.05) is 13.8 Å². The molecule has 0 heterocycles. The van der Waals surface area contributed by atoms with Crippen LogP contribution in [0.3, 0.4) is 0 Å². The Labute approximate surface area is 101 Å². The van der Waals surface area contributed by atoms with E-state index < -0.39 is 0 Å². The molecule has 0 aromatic carbocycles. The van der Waals surface area contributed by atoms with Crippen molar-refractivity contribution in [3.8, 4) is 0 Å². The van der Waals surface area contributed by atoms with Crippen LogP contribution < -0.4 is 5.32 Å². The quantitative estimate of drug-likeness (QED) is 0.618. The monoisotopic (exact) mass is 231 g/mol. The maximum atomic E-state index is 5.59. The van der Waals surface area contributed by atoms with Crippen LogP contribution in [0.5, 0.6) is 0 Å². The van der Waals surface area contributed by atoms with Gasteiger partial charge in [-0.2, -0.15) is 0 Å². The van der Waals surface area contributed by atoms with Crippen molar-refractivity contribution in [3.63, 3.8) is 0 Å². The van der Waals surface area contributed by atoms with Crippen molar-refractivity contribution in [2.24, 2.45) is 5.92 Å². The number of rotatable bonds is 9. The highest BCUT2D eigenvalue weighted by molar-refractivity contribution is 4.59. The fourth-order valence-corrected chi connectivity index (χ4v) is 1.12. The number of hydrogen-bond acceptors (Lipinski definition) is 3. The van der Waals surface area contributed by atoms with Crippen molar-refractivity contribution in [1.29, 1.82) is 0 Å². The summed E-state index contributed by atoms with van der Waals surface area (Å²) in [7, 11) is 0. The van der Waals surface area contributed by atoms with Gasteiger partial charge in [-0.05, 0) is 33.1 Å². The predicted octanol–water partition coefficient (Wildman–Crippen LogP) is 2.45. The van der Waals surface area contributed by atoms with Gasteiger partial charge in [0.05, 0.1) is 18.8 Å². The minimum atomic E-state index is -0.0323. The van der Waals surface area contributed by atoms with Gasteiger partial charge >= 0.3 is 0 Å². The summed E-state index contributed by atoms with van der Waals surface area (Å²) < 4.78 is 11.1. The first kappa shape index (κ1) is 15.9. The van der Waals surface area contributed by atoms with Gasteiger partial charge in [0.1, 0.15) is 0 Å². The molecule has 0 saturated heterocycles. The van der Waals surface area contributed by atoms with Crippen molar-refractivity contribution in [2.75, 3.05) is 32.9 Å². The molecule has 0 aliphatic rings. The lowest BCUT2D eigenvalue weighted by Crippen LogP contribution is -2.28. The summed E-state index contributed by atoms with van der Waals surface area (Å²) in [6, 6.07) is 0. The number of nitrogens with one attached hydrogen (secondary N) is 1. The largest absolute Gasteiger partial charge is 0.380 e. The molecule has 3 heteroatoms. The highest BCUT2D eigenvalue weighted by Gasteiger charge is 2.08. The van der Waals surface area contributed by atoms with E-state index in [2.05, 4.69) is 39.9 Å². The van der Waals surface area contributed by atoms with Crippen molar-refractivity contribution < 1.29 is 9.47 Å². The smallest absolute Gasteiger partial charge is 0.0599 e. The van der Waals surface area contributed by atoms with Gasteiger partial charge in [0.2, 0.25) is 0 Å². The Hall–Kier alpha value is -0.120. The normalized spacial score (nSPS) is 12.4. The average molecular weight is 231 g/mol. The topological polar surface area (TPSA) is 30.5 Å². The maximum Gasteiger partial charge on any atom is 0.0599 e. The van der Waals surface area contributed by atoms with Crippen molar-refractivity contribution in [3.05, 3.63) is 0 Å². The van der Waals surface area contributed by atoms with E-state index in [1.807, 2.05) is 0 Å². The summed E-state index contributed by atoms with van der Waals surface area (Å²) in [6.07, 6.45) is 1.15. The van der Waals surface area contributed by atoms with Crippen LogP contribution in [0.2, 0.25) is 0 Å². The zero-order chi connectivity index (χ0) is 12.4. The number of hydrogen-bond donors (Lipinski definition) is 1. The third-order valence-corrected chi connectivity index (χ3v) is 2.08. The third-order valence-electron chi connectivity index (χ3n) is 2.08. The van der Waals surface area contributed by atoms with Gasteiger partial charge in [-0.25, -0.2) is 0 Å². The van der Waals surface area contributed by atoms with E-state index in [-0.39, 0.29) is 5.60 Å². The molecule has 16 heavy (non-hydrogen) atoms. The van der Waals surface area contributed by atoms with E-state index in [1.165, 1.54) is 0 Å². The highest BCUT2D eigenvalue weighted by Crippen LogP contribution is 2.04. The lowest BCUT2D eigenvalue weighted by atomic mass is 10.1. The molecular weight excluding hydrogens is 202 g/mol. The first-order valence-electron chi connectivity index (χ1n) is 6.34. The van der Waals surface area contributed by atoms with E-state index >= 15 is 0 Å². The van der Waals surface area contributed by atoms with Crippen LogP contribution >= 0.6 is 0 Å². The van der Waals surface area contributed by atoms with E-state index in [4.69, 9.17) is 9.47 Å². The molecule has 0 aromatic heterocycles. The van der Waals surface area contributed by atoms with Gasteiger partial charge in [-0.15, -0.1) is 0 Å². The molecule has 0 aromatic rings. The molecule has 0 radical (unpaired) electrons. The number of ether oxygens (including phenoxy) is 2. The molecule has 0 atom stereocenters. The van der Waals surface area contributed by atoms with E-state index in [1.54, 1.807) is 0 Å². The average Bonchev–Trinajstić information content (AvgIpc) is 2.13. The summed E-state index contributed by atoms with van der Waals surface area (Å²) >= 11 is 0. The molecule has 0 fully saturated rings. The molecule has 0 aliphatic heterocycles. The van der Waals surface area contributed by atoms with Gasteiger partial charge in [0.25, 0.3) is 0 Å². The van der Waals surface area contributed by atoms with Crippen molar-refractivity contribution in [2.45, 2.75) is 46.6 Å². The van der Waals surface area contributed by atoms with E-state index in [0.717, 1.165) is 45.2 Å². The third kappa shape index (κ3) is 13.9. The van der Waals surface area contributed by atoms with E-state index in [9.17, 15) is 0 Å². The standard InChI is InChI=1S/C13H29NO2/c1-12(2)6-9-15-10-7-14-8-11-16-13(3,4)5/h12,14H,6-11H2,1-5H3. The van der Waals surface area contributed by atoms with Gasteiger partial charge in [-0.3, -0.25) is 0 Å². The maximum absolute atomic E-state index is 5.59. The summed E-state index contributed by atoms with van der Waals surface area (Å²) in [5.41, 5.74) is -0.0323. The first-order chi connectivity index (χ1) is 7.42. The summed E-state index contributed by atoms with van der Waals surface area (Å²) in [4.78, 5) is 0. The minimum absolute atomic E-state index is 0.0323. The van der Waals surface area contributed by atoms with Crippen LogP contribution in [0.25, 0.3) is 0 Å². The van der Waals surface area contributed by atoms with E-state index in [0.29, 0.717) is 0 Å². The Bertz CT molecular complexity index is 153. The molecule has 0 bridgehead atoms. The second-order valence-corrected chi connectivity index (χ2v) is 5.51. The molecule has 0 aliphatic carbocycles. The lowest BCUT2D eigenvalue weighted by molar-refractivity contribution is -0.00133. The fourth-order valence-electron chi connectivity index (χ4n) is 1.12. The molecule has 0 spiro atoms. The molecule has 1 N–H and O–H groups in total. The van der Waals surface area contributed by atoms with Crippen molar-refractivity contribution in [1.82, 2.24) is 5.32 Å². The molecule has 0 rings (SSSR count). The zero-order valence-corrected chi connectivity index (χ0v) is 11.6. The minimum Gasteiger partial charge on any atom is -0.380 e. The zero-order valence-electron chi connectivity index (χ0n) is 11.6. The first-order valence-corrected chi connectivity index (χ1v) is 6.34. The van der Waals surface area contributed by atoms with Crippen LogP contribution in [0, 0.1) is 5.92 Å². The van der Waals surface area contributed by atoms with Crippen LogP contribution in [0.1, 0.15) is 41.0 Å². The fraction of sp³-hybridized carbons (Fsp3) is 1.00. The van der Waals surface area contributed by atoms with Crippen molar-refractivity contribution >= 4 is 0 Å². The Kier molecular flexibility index (Phi) is 8.90. The van der Waals surface area contributed by atoms with Gasteiger partial charge in [0, 0.05) is 19.7 Å². The summed E-state index contributed by atoms with van der Waals surface area (Å²) in [6.45, 7) is 14.9. The SMILES string of the molecule is CC(C)CCOCCNCCOC(C)(C)C. The summed E-state index contributed by atoms with van der Waals surface area (Å²) in [5.74, 6) is 0.730. The Balaban J connectivity index is 3.05. The van der Waals surface area contributed by atoms with Crippen LogP contribution in [0.4, 0.5) is 0 Å². The van der Waals surface area contributed by atoms with Crippen LogP contribution in [0.15, 0.2) is 0 Å². The molecular formula is C13H29NO2.